The summed E-state index contributed by atoms with van der Waals surface area (Å²) in [5.74, 6) is -0.327. The van der Waals surface area contributed by atoms with Crippen LogP contribution in [0.1, 0.15) is 5.56 Å². The normalized spacial score (nSPS) is 11.5. The second-order valence-corrected chi connectivity index (χ2v) is 5.67. The molecular formula is C11H16N2O3S. The lowest BCUT2D eigenvalue weighted by molar-refractivity contribution is -0.120. The number of hydrogen-bond acceptors (Lipinski definition) is 3. The van der Waals surface area contributed by atoms with Crippen LogP contribution in [-0.2, 0) is 21.4 Å². The number of nitrogens with one attached hydrogen (secondary N) is 1. The standard InChI is InChI=1S/C11H16N2O3S/c1-12-11(14)9-13(17(2,15)16)8-10-6-4-3-5-7-10/h3-7H,8-9H2,1-2H3,(H,12,14). The summed E-state index contributed by atoms with van der Waals surface area (Å²) in [5, 5.41) is 2.41. The maximum Gasteiger partial charge on any atom is 0.235 e. The molecule has 1 rings (SSSR count). The zero-order chi connectivity index (χ0) is 12.9. The van der Waals surface area contributed by atoms with Gasteiger partial charge in [-0.1, -0.05) is 30.3 Å². The van der Waals surface area contributed by atoms with Crippen molar-refractivity contribution in [2.24, 2.45) is 0 Å². The topological polar surface area (TPSA) is 66.5 Å². The van der Waals surface area contributed by atoms with Crippen molar-refractivity contribution >= 4 is 15.9 Å². The molecule has 0 aromatic heterocycles. The minimum absolute atomic E-state index is 0.162. The fourth-order valence-corrected chi connectivity index (χ4v) is 2.05. The molecule has 0 bridgehead atoms. The molecule has 0 saturated heterocycles. The van der Waals surface area contributed by atoms with Crippen LogP contribution in [0.15, 0.2) is 30.3 Å². The predicted octanol–water partition coefficient (Wildman–Crippen LogP) is 0.194. The molecule has 1 amide bonds. The van der Waals surface area contributed by atoms with Gasteiger partial charge in [-0.2, -0.15) is 4.31 Å². The largest absolute Gasteiger partial charge is 0.358 e. The van der Waals surface area contributed by atoms with Crippen LogP contribution in [-0.4, -0.2) is 38.5 Å². The van der Waals surface area contributed by atoms with Crippen LogP contribution in [0.5, 0.6) is 0 Å². The lowest BCUT2D eigenvalue weighted by Gasteiger charge is -2.18. The Balaban J connectivity index is 2.82. The number of nitrogens with zero attached hydrogens (tertiary/aromatic N) is 1. The molecule has 0 aliphatic heterocycles. The van der Waals surface area contributed by atoms with E-state index in [-0.39, 0.29) is 19.0 Å². The summed E-state index contributed by atoms with van der Waals surface area (Å²) in [6, 6.07) is 9.16. The van der Waals surface area contributed by atoms with Crippen LogP contribution in [0, 0.1) is 0 Å². The molecular weight excluding hydrogens is 240 g/mol. The molecule has 0 atom stereocenters. The Bertz CT molecular complexity index is 471. The first kappa shape index (κ1) is 13.7. The molecule has 0 spiro atoms. The third kappa shape index (κ3) is 4.54. The van der Waals surface area contributed by atoms with Crippen molar-refractivity contribution in [3.63, 3.8) is 0 Å². The highest BCUT2D eigenvalue weighted by atomic mass is 32.2. The van der Waals surface area contributed by atoms with E-state index < -0.39 is 10.0 Å². The van der Waals surface area contributed by atoms with Crippen LogP contribution in [0.25, 0.3) is 0 Å². The van der Waals surface area contributed by atoms with E-state index >= 15 is 0 Å². The zero-order valence-corrected chi connectivity index (χ0v) is 10.7. The molecule has 6 heteroatoms. The van der Waals surface area contributed by atoms with Crippen LogP contribution in [0.3, 0.4) is 0 Å². The minimum Gasteiger partial charge on any atom is -0.358 e. The Morgan fingerprint density at radius 3 is 2.35 bits per heavy atom. The molecule has 1 aromatic carbocycles. The quantitative estimate of drug-likeness (QED) is 0.818. The summed E-state index contributed by atoms with van der Waals surface area (Å²) in [4.78, 5) is 11.2. The molecule has 0 unspecified atom stereocenters. The highest BCUT2D eigenvalue weighted by Gasteiger charge is 2.19. The molecule has 0 fully saturated rings. The molecule has 0 aliphatic carbocycles. The van der Waals surface area contributed by atoms with E-state index in [1.165, 1.54) is 7.05 Å². The van der Waals surface area contributed by atoms with Crippen molar-refractivity contribution in [1.82, 2.24) is 9.62 Å². The average Bonchev–Trinajstić information content (AvgIpc) is 2.28. The van der Waals surface area contributed by atoms with Gasteiger partial charge in [-0.3, -0.25) is 4.79 Å². The number of amides is 1. The van der Waals surface area contributed by atoms with E-state index in [0.29, 0.717) is 0 Å². The van der Waals surface area contributed by atoms with E-state index in [1.54, 1.807) is 0 Å². The molecule has 0 aliphatic rings. The first-order chi connectivity index (χ1) is 7.93. The Labute approximate surface area is 101 Å². The predicted molar refractivity (Wildman–Crippen MR) is 65.8 cm³/mol. The number of likely N-dealkylation sites (N-methyl/N-ethyl adjacent to an activating group) is 1. The Hall–Kier alpha value is -1.40. The van der Waals surface area contributed by atoms with E-state index in [1.807, 2.05) is 30.3 Å². The van der Waals surface area contributed by atoms with E-state index in [2.05, 4.69) is 5.32 Å². The molecule has 0 heterocycles. The first-order valence-electron chi connectivity index (χ1n) is 5.13. The lowest BCUT2D eigenvalue weighted by atomic mass is 10.2. The van der Waals surface area contributed by atoms with Gasteiger partial charge in [0.1, 0.15) is 0 Å². The summed E-state index contributed by atoms with van der Waals surface area (Å²) in [5.41, 5.74) is 0.849. The molecule has 0 saturated carbocycles. The number of carbonyl (C=O) groups is 1. The zero-order valence-electron chi connectivity index (χ0n) is 9.88. The van der Waals surface area contributed by atoms with Crippen molar-refractivity contribution in [1.29, 1.82) is 0 Å². The van der Waals surface area contributed by atoms with Gasteiger partial charge in [0.15, 0.2) is 0 Å². The summed E-state index contributed by atoms with van der Waals surface area (Å²) < 4.78 is 24.2. The van der Waals surface area contributed by atoms with Crippen LogP contribution < -0.4 is 5.32 Å². The summed E-state index contributed by atoms with van der Waals surface area (Å²) in [6.07, 6.45) is 1.10. The van der Waals surface area contributed by atoms with Crippen molar-refractivity contribution in [2.75, 3.05) is 19.8 Å². The molecule has 0 radical (unpaired) electrons. The fourth-order valence-electron chi connectivity index (χ4n) is 1.32. The minimum atomic E-state index is -3.40. The Kier molecular flexibility index (Phi) is 4.65. The van der Waals surface area contributed by atoms with Gasteiger partial charge >= 0.3 is 0 Å². The average molecular weight is 256 g/mol. The number of sulfonamides is 1. The number of carbonyl (C=O) groups excluding carboxylic acids is 1. The van der Waals surface area contributed by atoms with Gasteiger partial charge in [-0.15, -0.1) is 0 Å². The highest BCUT2D eigenvalue weighted by molar-refractivity contribution is 7.88. The Morgan fingerprint density at radius 1 is 1.29 bits per heavy atom. The highest BCUT2D eigenvalue weighted by Crippen LogP contribution is 2.07. The summed E-state index contributed by atoms with van der Waals surface area (Å²) in [7, 11) is -1.92. The number of hydrogen-bond donors (Lipinski definition) is 1. The van der Waals surface area contributed by atoms with E-state index in [4.69, 9.17) is 0 Å². The van der Waals surface area contributed by atoms with Gasteiger partial charge in [-0.05, 0) is 5.56 Å². The number of benzene rings is 1. The van der Waals surface area contributed by atoms with Gasteiger partial charge in [0.2, 0.25) is 15.9 Å². The molecule has 94 valence electrons. The van der Waals surface area contributed by atoms with Crippen LogP contribution in [0.4, 0.5) is 0 Å². The smallest absolute Gasteiger partial charge is 0.235 e. The molecule has 1 N–H and O–H groups in total. The number of rotatable bonds is 5. The summed E-state index contributed by atoms with van der Waals surface area (Å²) in [6.45, 7) is 0.0390. The van der Waals surface area contributed by atoms with Crippen molar-refractivity contribution < 1.29 is 13.2 Å². The van der Waals surface area contributed by atoms with Gasteiger partial charge < -0.3 is 5.32 Å². The van der Waals surface area contributed by atoms with Crippen LogP contribution in [0.2, 0.25) is 0 Å². The SMILES string of the molecule is CNC(=O)CN(Cc1ccccc1)S(C)(=O)=O. The fraction of sp³-hybridized carbons (Fsp3) is 0.364. The maximum absolute atomic E-state index is 11.5. The maximum atomic E-state index is 11.5. The molecule has 5 nitrogen and oxygen atoms in total. The van der Waals surface area contributed by atoms with E-state index in [0.717, 1.165) is 16.1 Å². The second-order valence-electron chi connectivity index (χ2n) is 3.69. The lowest BCUT2D eigenvalue weighted by Crippen LogP contribution is -2.38. The third-order valence-corrected chi connectivity index (χ3v) is 3.47. The van der Waals surface area contributed by atoms with Gasteiger partial charge in [0, 0.05) is 13.6 Å². The first-order valence-corrected chi connectivity index (χ1v) is 6.98. The van der Waals surface area contributed by atoms with Crippen LogP contribution >= 0.6 is 0 Å². The van der Waals surface area contributed by atoms with Gasteiger partial charge in [0.05, 0.1) is 12.8 Å². The third-order valence-electron chi connectivity index (χ3n) is 2.27. The summed E-state index contributed by atoms with van der Waals surface area (Å²) >= 11 is 0. The second kappa shape index (κ2) is 5.79. The van der Waals surface area contributed by atoms with Crippen molar-refractivity contribution in [3.8, 4) is 0 Å². The van der Waals surface area contributed by atoms with Gasteiger partial charge in [0.25, 0.3) is 0 Å². The molecule has 1 aromatic rings. The van der Waals surface area contributed by atoms with Crippen molar-refractivity contribution in [3.05, 3.63) is 35.9 Å². The van der Waals surface area contributed by atoms with Gasteiger partial charge in [-0.25, -0.2) is 8.42 Å². The van der Waals surface area contributed by atoms with Crippen molar-refractivity contribution in [2.45, 2.75) is 6.54 Å². The Morgan fingerprint density at radius 2 is 1.88 bits per heavy atom. The van der Waals surface area contributed by atoms with E-state index in [9.17, 15) is 13.2 Å². The monoisotopic (exact) mass is 256 g/mol. The molecule has 17 heavy (non-hydrogen) atoms.